The third-order valence-electron chi connectivity index (χ3n) is 2.81. The zero-order valence-electron chi connectivity index (χ0n) is 9.94. The summed E-state index contributed by atoms with van der Waals surface area (Å²) in [4.78, 5) is 16.5. The molecule has 1 fully saturated rings. The molecule has 2 heterocycles. The number of nitrogens with zero attached hydrogens (tertiary/aromatic N) is 4. The third kappa shape index (κ3) is 2.32. The van der Waals surface area contributed by atoms with Gasteiger partial charge in [-0.25, -0.2) is 15.1 Å². The number of hydrogen-bond donors (Lipinski definition) is 1. The van der Waals surface area contributed by atoms with E-state index in [9.17, 15) is 10.1 Å². The minimum atomic E-state index is -0.716. The fourth-order valence-corrected chi connectivity index (χ4v) is 2.00. The molecule has 0 radical (unpaired) electrons. The molecule has 1 saturated heterocycles. The Morgan fingerprint density at radius 2 is 2.37 bits per heavy atom. The van der Waals surface area contributed by atoms with Gasteiger partial charge in [-0.2, -0.15) is 0 Å². The number of para-hydroxylation sites is 2. The van der Waals surface area contributed by atoms with E-state index in [-0.39, 0.29) is 5.96 Å². The first-order chi connectivity index (χ1) is 9.22. The van der Waals surface area contributed by atoms with Gasteiger partial charge in [-0.15, -0.1) is 0 Å². The van der Waals surface area contributed by atoms with E-state index in [0.29, 0.717) is 31.1 Å². The lowest BCUT2D eigenvalue weighted by Crippen LogP contribution is -2.30. The molecule has 0 atom stereocenters. The van der Waals surface area contributed by atoms with Crippen molar-refractivity contribution in [2.24, 2.45) is 5.10 Å². The van der Waals surface area contributed by atoms with E-state index in [4.69, 9.17) is 4.42 Å². The van der Waals surface area contributed by atoms with Crippen molar-refractivity contribution in [3.05, 3.63) is 40.3 Å². The van der Waals surface area contributed by atoms with Crippen molar-refractivity contribution in [2.75, 3.05) is 13.1 Å². The standard InChI is InChI=1S/C11H11N5O3/c17-16(18)14-11-12-5-6-15(11)7-10-13-8-3-1-2-4-9(8)19-10/h1-4H,5-7H2,(H,12,14). The third-order valence-corrected chi connectivity index (χ3v) is 2.81. The molecule has 0 spiro atoms. The minimum Gasteiger partial charge on any atom is -0.439 e. The minimum absolute atomic E-state index is 0.243. The summed E-state index contributed by atoms with van der Waals surface area (Å²) < 4.78 is 5.58. The lowest BCUT2D eigenvalue weighted by atomic mass is 10.3. The van der Waals surface area contributed by atoms with E-state index >= 15 is 0 Å². The second-order valence-electron chi connectivity index (χ2n) is 4.09. The van der Waals surface area contributed by atoms with Gasteiger partial charge in [0.1, 0.15) is 10.6 Å². The van der Waals surface area contributed by atoms with E-state index in [1.54, 1.807) is 4.90 Å². The second-order valence-corrected chi connectivity index (χ2v) is 4.09. The Hall–Kier alpha value is -2.64. The molecule has 2 aromatic rings. The zero-order chi connectivity index (χ0) is 13.2. The molecule has 1 N–H and O–H groups in total. The molecule has 3 rings (SSSR count). The van der Waals surface area contributed by atoms with Crippen molar-refractivity contribution in [3.8, 4) is 0 Å². The number of benzene rings is 1. The van der Waals surface area contributed by atoms with Crippen molar-refractivity contribution in [3.63, 3.8) is 0 Å². The molecule has 0 aliphatic carbocycles. The van der Waals surface area contributed by atoms with E-state index in [1.165, 1.54) is 0 Å². The predicted molar refractivity (Wildman–Crippen MR) is 66.9 cm³/mol. The summed E-state index contributed by atoms with van der Waals surface area (Å²) >= 11 is 0. The highest BCUT2D eigenvalue weighted by molar-refractivity contribution is 5.81. The first-order valence-electron chi connectivity index (χ1n) is 5.78. The van der Waals surface area contributed by atoms with Crippen LogP contribution >= 0.6 is 0 Å². The Bertz CT molecular complexity index is 618. The van der Waals surface area contributed by atoms with Gasteiger partial charge in [-0.3, -0.25) is 0 Å². The molecule has 1 aromatic heterocycles. The van der Waals surface area contributed by atoms with Gasteiger partial charge in [0.05, 0.1) is 6.54 Å². The fourth-order valence-electron chi connectivity index (χ4n) is 2.00. The molecule has 1 aromatic carbocycles. The van der Waals surface area contributed by atoms with Crippen LogP contribution in [0.4, 0.5) is 0 Å². The Labute approximate surface area is 107 Å². The molecule has 19 heavy (non-hydrogen) atoms. The lowest BCUT2D eigenvalue weighted by molar-refractivity contribution is -0.485. The predicted octanol–water partition coefficient (Wildman–Crippen LogP) is 0.781. The van der Waals surface area contributed by atoms with Gasteiger partial charge in [0.25, 0.3) is 5.96 Å². The first kappa shape index (κ1) is 11.5. The summed E-state index contributed by atoms with van der Waals surface area (Å²) in [7, 11) is 0. The van der Waals surface area contributed by atoms with Gasteiger partial charge in [-0.1, -0.05) is 12.1 Å². The van der Waals surface area contributed by atoms with Crippen LogP contribution in [0.1, 0.15) is 5.89 Å². The van der Waals surface area contributed by atoms with Crippen LogP contribution in [0.15, 0.2) is 33.8 Å². The molecule has 1 aliphatic rings. The fraction of sp³-hybridized carbons (Fsp3) is 0.273. The smallest absolute Gasteiger partial charge is 0.271 e. The SMILES string of the molecule is O=[N+]([O-])N=C1NCCN1Cc1nc2ccccc2o1. The molecule has 8 nitrogen and oxygen atoms in total. The maximum atomic E-state index is 10.4. The van der Waals surface area contributed by atoms with Crippen LogP contribution < -0.4 is 5.32 Å². The van der Waals surface area contributed by atoms with Crippen LogP contribution in [0.25, 0.3) is 11.1 Å². The van der Waals surface area contributed by atoms with E-state index < -0.39 is 5.03 Å². The second kappa shape index (κ2) is 4.56. The number of hydrogen-bond acceptors (Lipinski definition) is 4. The van der Waals surface area contributed by atoms with Crippen molar-refractivity contribution in [1.82, 2.24) is 15.2 Å². The molecule has 98 valence electrons. The molecule has 8 heteroatoms. The Morgan fingerprint density at radius 3 is 3.16 bits per heavy atom. The van der Waals surface area contributed by atoms with Gasteiger partial charge in [0, 0.05) is 13.1 Å². The van der Waals surface area contributed by atoms with Crippen LogP contribution in [0.2, 0.25) is 0 Å². The number of nitro groups is 1. The van der Waals surface area contributed by atoms with Crippen LogP contribution in [0.5, 0.6) is 0 Å². The van der Waals surface area contributed by atoms with E-state index in [1.807, 2.05) is 24.3 Å². The molecule has 0 unspecified atom stereocenters. The number of fused-ring (bicyclic) bond motifs is 1. The molecular weight excluding hydrogens is 250 g/mol. The summed E-state index contributed by atoms with van der Waals surface area (Å²) in [6.45, 7) is 1.60. The molecule has 0 amide bonds. The average molecular weight is 261 g/mol. The van der Waals surface area contributed by atoms with Gasteiger partial charge >= 0.3 is 0 Å². The highest BCUT2D eigenvalue weighted by atomic mass is 16.7. The number of hydrazone groups is 1. The molecule has 1 aliphatic heterocycles. The Morgan fingerprint density at radius 1 is 1.53 bits per heavy atom. The van der Waals surface area contributed by atoms with Crippen LogP contribution in [-0.4, -0.2) is 34.0 Å². The zero-order valence-corrected chi connectivity index (χ0v) is 9.94. The quantitative estimate of drug-likeness (QED) is 0.647. The maximum absolute atomic E-state index is 10.4. The van der Waals surface area contributed by atoms with E-state index in [0.717, 1.165) is 5.52 Å². The molecule has 0 bridgehead atoms. The van der Waals surface area contributed by atoms with Crippen molar-refractivity contribution in [1.29, 1.82) is 0 Å². The number of guanidine groups is 1. The number of oxazole rings is 1. The molecule has 0 saturated carbocycles. The lowest BCUT2D eigenvalue weighted by Gasteiger charge is -2.12. The van der Waals surface area contributed by atoms with Crippen molar-refractivity contribution >= 4 is 17.1 Å². The number of nitrogens with one attached hydrogen (secondary N) is 1. The monoisotopic (exact) mass is 261 g/mol. The first-order valence-corrected chi connectivity index (χ1v) is 5.78. The summed E-state index contributed by atoms with van der Waals surface area (Å²) in [6.07, 6.45) is 0. The van der Waals surface area contributed by atoms with Crippen LogP contribution in [0, 0.1) is 10.1 Å². The van der Waals surface area contributed by atoms with Gasteiger partial charge < -0.3 is 14.6 Å². The highest BCUT2D eigenvalue weighted by Gasteiger charge is 2.23. The van der Waals surface area contributed by atoms with Crippen molar-refractivity contribution < 1.29 is 9.45 Å². The van der Waals surface area contributed by atoms with E-state index in [2.05, 4.69) is 15.4 Å². The Balaban J connectivity index is 1.82. The summed E-state index contributed by atoms with van der Waals surface area (Å²) in [5, 5.41) is 15.8. The maximum Gasteiger partial charge on any atom is 0.271 e. The summed E-state index contributed by atoms with van der Waals surface area (Å²) in [5.41, 5.74) is 1.48. The van der Waals surface area contributed by atoms with Gasteiger partial charge in [-0.05, 0) is 12.1 Å². The number of rotatable bonds is 3. The average Bonchev–Trinajstić information content (AvgIpc) is 2.95. The summed E-state index contributed by atoms with van der Waals surface area (Å²) in [6, 6.07) is 7.44. The van der Waals surface area contributed by atoms with Crippen molar-refractivity contribution in [2.45, 2.75) is 6.54 Å². The Kier molecular flexibility index (Phi) is 2.75. The van der Waals surface area contributed by atoms with Gasteiger partial charge in [0.15, 0.2) is 10.6 Å². The molecular formula is C11H11N5O3. The highest BCUT2D eigenvalue weighted by Crippen LogP contribution is 2.16. The van der Waals surface area contributed by atoms with Gasteiger partial charge in [0.2, 0.25) is 5.89 Å². The summed E-state index contributed by atoms with van der Waals surface area (Å²) in [5.74, 6) is 0.758. The normalized spacial score (nSPS) is 17.1. The topological polar surface area (TPSA) is 96.8 Å². The van der Waals surface area contributed by atoms with Crippen LogP contribution in [0.3, 0.4) is 0 Å². The van der Waals surface area contributed by atoms with Crippen LogP contribution in [-0.2, 0) is 6.54 Å². The number of aromatic nitrogens is 1. The largest absolute Gasteiger partial charge is 0.439 e.